The van der Waals surface area contributed by atoms with Gasteiger partial charge in [-0.15, -0.1) is 0 Å². The fraction of sp³-hybridized carbons (Fsp3) is 0.143. The Hall–Kier alpha value is -2.00. The van der Waals surface area contributed by atoms with Crippen LogP contribution < -0.4 is 15.9 Å². The molecule has 0 aliphatic heterocycles. The molecule has 0 aliphatic rings. The second-order valence-electron chi connectivity index (χ2n) is 6.12. The van der Waals surface area contributed by atoms with Gasteiger partial charge < -0.3 is 0 Å². The molecule has 0 aromatic heterocycles. The average Bonchev–Trinajstić information content (AvgIpc) is 2.68. The van der Waals surface area contributed by atoms with Gasteiger partial charge in [0, 0.05) is 0 Å². The van der Waals surface area contributed by atoms with Gasteiger partial charge in [-0.1, -0.05) is 0 Å². The van der Waals surface area contributed by atoms with E-state index in [2.05, 4.69) is 0 Å². The van der Waals surface area contributed by atoms with Crippen molar-refractivity contribution >= 4 is 33.5 Å². The summed E-state index contributed by atoms with van der Waals surface area (Å²) in [5, 5.41) is 2.74. The molecule has 3 aromatic carbocycles. The summed E-state index contributed by atoms with van der Waals surface area (Å²) in [5.41, 5.74) is 0. The molecule has 0 radical (unpaired) electrons. The van der Waals surface area contributed by atoms with Gasteiger partial charge in [-0.2, -0.15) is 0 Å². The van der Waals surface area contributed by atoms with Crippen LogP contribution in [0.1, 0.15) is 13.3 Å². The van der Waals surface area contributed by atoms with Crippen LogP contribution in [-0.4, -0.2) is 14.2 Å². The fourth-order valence-corrected chi connectivity index (χ4v) is 9.64. The molecular formula is C21H23O3PS. The predicted molar refractivity (Wildman–Crippen MR) is 112 cm³/mol. The Morgan fingerprint density at radius 1 is 0.692 bits per heavy atom. The Morgan fingerprint density at radius 3 is 1.35 bits per heavy atom. The summed E-state index contributed by atoms with van der Waals surface area (Å²) in [6.07, 6.45) is 0.519. The van der Waals surface area contributed by atoms with E-state index in [9.17, 15) is 8.42 Å². The Labute approximate surface area is 156 Å². The van der Waals surface area contributed by atoms with Crippen molar-refractivity contribution in [2.24, 2.45) is 0 Å². The van der Waals surface area contributed by atoms with Crippen molar-refractivity contribution in [3.63, 3.8) is 0 Å². The summed E-state index contributed by atoms with van der Waals surface area (Å²) in [7, 11) is -6.86. The van der Waals surface area contributed by atoms with E-state index in [1.54, 1.807) is 0 Å². The van der Waals surface area contributed by atoms with Gasteiger partial charge in [0.25, 0.3) is 0 Å². The van der Waals surface area contributed by atoms with Gasteiger partial charge in [-0.25, -0.2) is 0 Å². The molecule has 0 unspecified atom stereocenters. The third kappa shape index (κ3) is 3.88. The van der Waals surface area contributed by atoms with Gasteiger partial charge >= 0.3 is 156 Å². The van der Waals surface area contributed by atoms with Crippen molar-refractivity contribution < 1.29 is 12.4 Å². The van der Waals surface area contributed by atoms with E-state index in [1.807, 2.05) is 97.9 Å². The molecule has 0 fully saturated rings. The summed E-state index contributed by atoms with van der Waals surface area (Å²) >= 11 is 0. The van der Waals surface area contributed by atoms with Crippen LogP contribution in [0.4, 0.5) is 0 Å². The van der Waals surface area contributed by atoms with Crippen molar-refractivity contribution in [3.05, 3.63) is 91.0 Å². The van der Waals surface area contributed by atoms with E-state index in [0.29, 0.717) is 6.42 Å². The van der Waals surface area contributed by atoms with Crippen LogP contribution in [0.15, 0.2) is 91.0 Å². The van der Waals surface area contributed by atoms with Crippen LogP contribution in [-0.2, 0) is 14.1 Å². The van der Waals surface area contributed by atoms with Crippen LogP contribution in [0.5, 0.6) is 0 Å². The minimum absolute atomic E-state index is 0.00819. The molecule has 0 spiro atoms. The van der Waals surface area contributed by atoms with E-state index < -0.39 is 17.6 Å². The summed E-state index contributed by atoms with van der Waals surface area (Å²) in [6.45, 7) is 1.84. The quantitative estimate of drug-likeness (QED) is 0.585. The molecule has 0 amide bonds. The Balaban J connectivity index is 2.32. The van der Waals surface area contributed by atoms with Gasteiger partial charge in [0.15, 0.2) is 0 Å². The van der Waals surface area contributed by atoms with Gasteiger partial charge in [0.05, 0.1) is 0 Å². The van der Waals surface area contributed by atoms with Gasteiger partial charge in [0.1, 0.15) is 0 Å². The first kappa shape index (κ1) is 18.8. The van der Waals surface area contributed by atoms with Gasteiger partial charge in [-0.05, 0) is 0 Å². The van der Waals surface area contributed by atoms with Crippen molar-refractivity contribution in [1.82, 2.24) is 0 Å². The minimum atomic E-state index is -3.67. The third-order valence-electron chi connectivity index (χ3n) is 4.25. The Bertz CT molecular complexity index is 830. The molecule has 5 heteroatoms. The van der Waals surface area contributed by atoms with E-state index >= 15 is 0 Å². The number of rotatable bonds is 7. The molecular weight excluding hydrogens is 363 g/mol. The van der Waals surface area contributed by atoms with E-state index in [0.717, 1.165) is 15.9 Å². The summed E-state index contributed by atoms with van der Waals surface area (Å²) in [6, 6.07) is 29.2. The maximum absolute atomic E-state index is 12.8. The van der Waals surface area contributed by atoms with Crippen molar-refractivity contribution in [2.45, 2.75) is 13.3 Å². The summed E-state index contributed by atoms with van der Waals surface area (Å²) in [4.78, 5) is 0. The first-order valence-electron chi connectivity index (χ1n) is 8.68. The predicted octanol–water partition coefficient (Wildman–Crippen LogP) is 3.38. The third-order valence-corrected chi connectivity index (χ3v) is 10.6. The zero-order valence-corrected chi connectivity index (χ0v) is 16.5. The topological polar surface area (TPSA) is 43.4 Å². The first-order valence-corrected chi connectivity index (χ1v) is 12.2. The number of hydrogen-bond donors (Lipinski definition) is 0. The number of hydrogen-bond acceptors (Lipinski definition) is 3. The van der Waals surface area contributed by atoms with E-state index in [-0.39, 0.29) is 5.75 Å². The van der Waals surface area contributed by atoms with Crippen molar-refractivity contribution in [2.75, 3.05) is 5.75 Å². The molecule has 0 aliphatic carbocycles. The van der Waals surface area contributed by atoms with Crippen LogP contribution in [0.2, 0.25) is 0 Å². The zero-order chi connectivity index (χ0) is 18.5. The fourth-order valence-electron chi connectivity index (χ4n) is 3.15. The van der Waals surface area contributed by atoms with Gasteiger partial charge in [-0.3, -0.25) is 0 Å². The maximum atomic E-state index is 12.8. The van der Waals surface area contributed by atoms with Crippen LogP contribution in [0.25, 0.3) is 0 Å². The molecule has 0 heterocycles. The monoisotopic (exact) mass is 386 g/mol. The molecule has 0 bridgehead atoms. The van der Waals surface area contributed by atoms with E-state index in [1.165, 1.54) is 0 Å². The zero-order valence-electron chi connectivity index (χ0n) is 14.7. The molecule has 136 valence electrons. The Kier molecular flexibility index (Phi) is 5.87. The summed E-state index contributed by atoms with van der Waals surface area (Å²) in [5.74, 6) is 0.00819. The molecule has 3 aromatic rings. The Morgan fingerprint density at radius 2 is 1.04 bits per heavy atom. The van der Waals surface area contributed by atoms with Crippen LogP contribution >= 0.6 is 7.49 Å². The SMILES string of the molecule is CCCS(=O)(=O)O[PH](c1ccccc1)(c1ccccc1)c1ccccc1. The molecule has 0 N–H and O–H groups in total. The normalized spacial score (nSPS) is 12.7. The molecule has 3 nitrogen and oxygen atoms in total. The summed E-state index contributed by atoms with van der Waals surface area (Å²) < 4.78 is 31.7. The number of benzene rings is 3. The molecule has 3 rings (SSSR count). The van der Waals surface area contributed by atoms with E-state index in [4.69, 9.17) is 3.97 Å². The standard InChI is InChI=1S/C21H23O3PS/c1-2-18-26(22,23)24-25(19-12-6-3-7-13-19,20-14-8-4-9-15-20)21-16-10-5-11-17-21/h3-17,25H,2,18H2,1H3. The first-order chi connectivity index (χ1) is 12.6. The van der Waals surface area contributed by atoms with Crippen molar-refractivity contribution in [3.8, 4) is 0 Å². The van der Waals surface area contributed by atoms with Crippen molar-refractivity contribution in [1.29, 1.82) is 0 Å². The second kappa shape index (κ2) is 8.13. The second-order valence-corrected chi connectivity index (χ2v) is 11.4. The van der Waals surface area contributed by atoms with Crippen LogP contribution in [0.3, 0.4) is 0 Å². The molecule has 26 heavy (non-hydrogen) atoms. The molecule has 0 atom stereocenters. The van der Waals surface area contributed by atoms with Gasteiger partial charge in [0.2, 0.25) is 0 Å². The molecule has 0 saturated carbocycles. The van der Waals surface area contributed by atoms with Crippen LogP contribution in [0, 0.1) is 0 Å². The average molecular weight is 386 g/mol. The molecule has 0 saturated heterocycles.